The molecule has 0 aromatic rings. The number of rotatable bonds is 6. The average molecular weight is 282 g/mol. The summed E-state index contributed by atoms with van der Waals surface area (Å²) in [6, 6.07) is -1.13. The number of nitrogens with one attached hydrogen (secondary N) is 1. The van der Waals surface area contributed by atoms with Gasteiger partial charge in [0.25, 0.3) is 0 Å². The van der Waals surface area contributed by atoms with Crippen LogP contribution in [0.1, 0.15) is 40.0 Å². The van der Waals surface area contributed by atoms with Gasteiger partial charge in [0.15, 0.2) is 0 Å². The monoisotopic (exact) mass is 282 g/mol. The van der Waals surface area contributed by atoms with Gasteiger partial charge in [-0.3, -0.25) is 9.59 Å². The van der Waals surface area contributed by atoms with Crippen molar-refractivity contribution in [2.45, 2.75) is 52.1 Å². The quantitative estimate of drug-likeness (QED) is 0.644. The smallest absolute Gasteiger partial charge is 0.305 e. The summed E-state index contributed by atoms with van der Waals surface area (Å²) in [6.45, 7) is 6.38. The lowest BCUT2D eigenvalue weighted by Gasteiger charge is -2.17. The van der Waals surface area contributed by atoms with Crippen molar-refractivity contribution < 1.29 is 14.7 Å². The molecule has 1 fully saturated rings. The number of aliphatic carboxylic acids is 1. The molecule has 5 heteroatoms. The average Bonchev–Trinajstić information content (AvgIpc) is 2.65. The Labute approximate surface area is 120 Å². The summed E-state index contributed by atoms with van der Waals surface area (Å²) < 4.78 is 0. The number of carbonyl (C=O) groups excluding carboxylic acids is 1. The minimum Gasteiger partial charge on any atom is -0.481 e. The number of amides is 1. The number of allylic oxidation sites excluding steroid dienone is 1. The van der Waals surface area contributed by atoms with Gasteiger partial charge in [-0.2, -0.15) is 0 Å². The van der Waals surface area contributed by atoms with Crippen LogP contribution >= 0.6 is 0 Å². The molecule has 1 saturated carbocycles. The van der Waals surface area contributed by atoms with Gasteiger partial charge < -0.3 is 16.2 Å². The molecule has 114 valence electrons. The molecule has 1 aliphatic carbocycles. The zero-order valence-electron chi connectivity index (χ0n) is 12.5. The zero-order valence-corrected chi connectivity index (χ0v) is 12.5. The fourth-order valence-corrected chi connectivity index (χ4v) is 2.81. The Balaban J connectivity index is 2.44. The van der Waals surface area contributed by atoms with E-state index in [1.54, 1.807) is 0 Å². The van der Waals surface area contributed by atoms with Crippen LogP contribution in [0.5, 0.6) is 0 Å². The topological polar surface area (TPSA) is 92.4 Å². The standard InChI is InChI=1S/C15H26N2O3/c1-9-4-5-10(2)12(9)7-6-11(3)17-15(20)13(16)8-14(18)19/h6-7,9-13H,4-5,8,16H2,1-3H3,(H,17,20)(H,18,19)/t9?,10?,11?,12?,13-/m0/s1. The molecule has 0 aromatic heterocycles. The number of carbonyl (C=O) groups is 2. The Bertz CT molecular complexity index is 371. The summed E-state index contributed by atoms with van der Waals surface area (Å²) in [4.78, 5) is 22.2. The first-order valence-electron chi connectivity index (χ1n) is 7.27. The van der Waals surface area contributed by atoms with Gasteiger partial charge in [-0.05, 0) is 37.5 Å². The molecule has 4 N–H and O–H groups in total. The van der Waals surface area contributed by atoms with Gasteiger partial charge >= 0.3 is 5.97 Å². The summed E-state index contributed by atoms with van der Waals surface area (Å²) in [5.41, 5.74) is 5.51. The van der Waals surface area contributed by atoms with Crippen LogP contribution < -0.4 is 11.1 Å². The van der Waals surface area contributed by atoms with Crippen LogP contribution in [0.4, 0.5) is 0 Å². The molecule has 1 amide bonds. The minimum absolute atomic E-state index is 0.137. The molecule has 0 aromatic carbocycles. The lowest BCUT2D eigenvalue weighted by Crippen LogP contribution is -2.44. The van der Waals surface area contributed by atoms with Gasteiger partial charge in [0.1, 0.15) is 0 Å². The van der Waals surface area contributed by atoms with Crippen LogP contribution in [-0.4, -0.2) is 29.1 Å². The van der Waals surface area contributed by atoms with E-state index in [1.165, 1.54) is 12.8 Å². The maximum atomic E-state index is 11.7. The Kier molecular flexibility index (Phi) is 6.20. The minimum atomic E-state index is -1.07. The van der Waals surface area contributed by atoms with Gasteiger partial charge in [0.05, 0.1) is 12.5 Å². The van der Waals surface area contributed by atoms with Crippen molar-refractivity contribution in [1.29, 1.82) is 0 Å². The highest BCUT2D eigenvalue weighted by Gasteiger charge is 2.28. The van der Waals surface area contributed by atoms with Crippen molar-refractivity contribution >= 4 is 11.9 Å². The zero-order chi connectivity index (χ0) is 15.3. The summed E-state index contributed by atoms with van der Waals surface area (Å²) in [5, 5.41) is 11.3. The van der Waals surface area contributed by atoms with Crippen molar-refractivity contribution in [3.05, 3.63) is 12.2 Å². The largest absolute Gasteiger partial charge is 0.481 e. The molecule has 0 bridgehead atoms. The first kappa shape index (κ1) is 16.7. The van der Waals surface area contributed by atoms with Crippen LogP contribution in [-0.2, 0) is 9.59 Å². The fraction of sp³-hybridized carbons (Fsp3) is 0.733. The molecule has 1 rings (SSSR count). The summed E-state index contributed by atoms with van der Waals surface area (Å²) in [5.74, 6) is 0.431. The Morgan fingerprint density at radius 2 is 1.90 bits per heavy atom. The predicted octanol–water partition coefficient (Wildman–Crippen LogP) is 1.53. The van der Waals surface area contributed by atoms with E-state index in [4.69, 9.17) is 10.8 Å². The number of hydrogen-bond donors (Lipinski definition) is 3. The predicted molar refractivity (Wildman–Crippen MR) is 78.0 cm³/mol. The van der Waals surface area contributed by atoms with Crippen molar-refractivity contribution in [3.63, 3.8) is 0 Å². The highest BCUT2D eigenvalue weighted by molar-refractivity contribution is 5.86. The first-order chi connectivity index (χ1) is 9.31. The van der Waals surface area contributed by atoms with Crippen molar-refractivity contribution in [2.24, 2.45) is 23.5 Å². The Hall–Kier alpha value is -1.36. The van der Waals surface area contributed by atoms with Gasteiger partial charge in [-0.1, -0.05) is 26.0 Å². The second-order valence-corrected chi connectivity index (χ2v) is 6.00. The van der Waals surface area contributed by atoms with E-state index < -0.39 is 17.9 Å². The van der Waals surface area contributed by atoms with Gasteiger partial charge in [0, 0.05) is 6.04 Å². The van der Waals surface area contributed by atoms with Crippen LogP contribution in [0.25, 0.3) is 0 Å². The molecule has 4 atom stereocenters. The maximum Gasteiger partial charge on any atom is 0.305 e. The molecular weight excluding hydrogens is 256 g/mol. The van der Waals surface area contributed by atoms with Gasteiger partial charge in [-0.15, -0.1) is 0 Å². The fourth-order valence-electron chi connectivity index (χ4n) is 2.81. The number of carboxylic acid groups (broad SMARTS) is 1. The van der Waals surface area contributed by atoms with E-state index in [2.05, 4.69) is 25.2 Å². The van der Waals surface area contributed by atoms with E-state index in [-0.39, 0.29) is 12.5 Å². The lowest BCUT2D eigenvalue weighted by molar-refractivity contribution is -0.139. The molecule has 0 aliphatic heterocycles. The van der Waals surface area contributed by atoms with Crippen molar-refractivity contribution in [3.8, 4) is 0 Å². The molecular formula is C15H26N2O3. The van der Waals surface area contributed by atoms with E-state index in [0.29, 0.717) is 17.8 Å². The highest BCUT2D eigenvalue weighted by atomic mass is 16.4. The van der Waals surface area contributed by atoms with Gasteiger partial charge in [0.2, 0.25) is 5.91 Å². The summed E-state index contributed by atoms with van der Waals surface area (Å²) in [7, 11) is 0. The van der Waals surface area contributed by atoms with E-state index in [0.717, 1.165) is 0 Å². The Morgan fingerprint density at radius 3 is 2.40 bits per heavy atom. The summed E-state index contributed by atoms with van der Waals surface area (Å²) in [6.07, 6.45) is 6.31. The number of hydrogen-bond acceptors (Lipinski definition) is 3. The number of carboxylic acids is 1. The maximum absolute atomic E-state index is 11.7. The molecule has 0 spiro atoms. The second-order valence-electron chi connectivity index (χ2n) is 6.00. The molecule has 0 saturated heterocycles. The van der Waals surface area contributed by atoms with E-state index in [9.17, 15) is 9.59 Å². The molecule has 3 unspecified atom stereocenters. The van der Waals surface area contributed by atoms with Crippen LogP contribution in [0.2, 0.25) is 0 Å². The lowest BCUT2D eigenvalue weighted by atomic mass is 9.91. The van der Waals surface area contributed by atoms with E-state index in [1.807, 2.05) is 13.0 Å². The highest BCUT2D eigenvalue weighted by Crippen LogP contribution is 2.37. The SMILES string of the molecule is CC(C=CC1C(C)CCC1C)NC(=O)[C@@H](N)CC(=O)O. The number of nitrogens with two attached hydrogens (primary N) is 1. The Morgan fingerprint density at radius 1 is 1.35 bits per heavy atom. The van der Waals surface area contributed by atoms with Crippen molar-refractivity contribution in [1.82, 2.24) is 5.32 Å². The molecule has 5 nitrogen and oxygen atoms in total. The van der Waals surface area contributed by atoms with Crippen LogP contribution in [0.15, 0.2) is 12.2 Å². The molecule has 0 radical (unpaired) electrons. The second kappa shape index (κ2) is 7.43. The van der Waals surface area contributed by atoms with Crippen LogP contribution in [0, 0.1) is 17.8 Å². The normalized spacial score (nSPS) is 29.3. The first-order valence-corrected chi connectivity index (χ1v) is 7.27. The van der Waals surface area contributed by atoms with Crippen molar-refractivity contribution in [2.75, 3.05) is 0 Å². The van der Waals surface area contributed by atoms with E-state index >= 15 is 0 Å². The third kappa shape index (κ3) is 4.96. The third-order valence-corrected chi connectivity index (χ3v) is 4.11. The summed E-state index contributed by atoms with van der Waals surface area (Å²) >= 11 is 0. The molecule has 0 heterocycles. The third-order valence-electron chi connectivity index (χ3n) is 4.11. The van der Waals surface area contributed by atoms with Gasteiger partial charge in [-0.25, -0.2) is 0 Å². The molecule has 20 heavy (non-hydrogen) atoms. The van der Waals surface area contributed by atoms with Crippen LogP contribution in [0.3, 0.4) is 0 Å². The molecule has 1 aliphatic rings.